The van der Waals surface area contributed by atoms with E-state index < -0.39 is 0 Å². The second-order valence-corrected chi connectivity index (χ2v) is 5.29. The van der Waals surface area contributed by atoms with Crippen LogP contribution in [0.2, 0.25) is 0 Å². The number of nitrogens with zero attached hydrogens (tertiary/aromatic N) is 1. The summed E-state index contributed by atoms with van der Waals surface area (Å²) in [5, 5.41) is 14.5. The maximum absolute atomic E-state index is 11.0. The van der Waals surface area contributed by atoms with Gasteiger partial charge >= 0.3 is 0 Å². The highest BCUT2D eigenvalue weighted by Crippen LogP contribution is 2.26. The van der Waals surface area contributed by atoms with Gasteiger partial charge in [0, 0.05) is 24.6 Å². The van der Waals surface area contributed by atoms with E-state index in [1.54, 1.807) is 6.07 Å². The van der Waals surface area contributed by atoms with Gasteiger partial charge in [0.25, 0.3) is 5.69 Å². The summed E-state index contributed by atoms with van der Waals surface area (Å²) in [5.74, 6) is 0.848. The van der Waals surface area contributed by atoms with Crippen LogP contribution in [0.25, 0.3) is 0 Å². The Labute approximate surface area is 124 Å². The highest BCUT2D eigenvalue weighted by Gasteiger charge is 2.26. The van der Waals surface area contributed by atoms with Crippen LogP contribution in [0.5, 0.6) is 5.75 Å². The Kier molecular flexibility index (Phi) is 5.52. The SMILES string of the molecule is CCNC1CCOCC1Cc1cc(OC)cc([N+](=O)[O-])c1. The van der Waals surface area contributed by atoms with Crippen molar-refractivity contribution in [3.63, 3.8) is 0 Å². The van der Waals surface area contributed by atoms with Crippen LogP contribution in [0.15, 0.2) is 18.2 Å². The molecule has 1 aliphatic heterocycles. The van der Waals surface area contributed by atoms with Crippen LogP contribution in [0.4, 0.5) is 5.69 Å². The minimum atomic E-state index is -0.384. The molecule has 1 N–H and O–H groups in total. The first-order valence-corrected chi connectivity index (χ1v) is 7.27. The van der Waals surface area contributed by atoms with Crippen molar-refractivity contribution in [1.82, 2.24) is 5.32 Å². The molecule has 21 heavy (non-hydrogen) atoms. The minimum absolute atomic E-state index is 0.0704. The average molecular weight is 294 g/mol. The molecular formula is C15H22N2O4. The first-order chi connectivity index (χ1) is 10.1. The third-order valence-electron chi connectivity index (χ3n) is 3.84. The van der Waals surface area contributed by atoms with E-state index in [0.717, 1.165) is 31.6 Å². The van der Waals surface area contributed by atoms with Crippen molar-refractivity contribution >= 4 is 5.69 Å². The molecule has 1 saturated heterocycles. The number of hydrogen-bond acceptors (Lipinski definition) is 5. The summed E-state index contributed by atoms with van der Waals surface area (Å²) in [7, 11) is 1.52. The van der Waals surface area contributed by atoms with Gasteiger partial charge in [-0.3, -0.25) is 10.1 Å². The monoisotopic (exact) mass is 294 g/mol. The van der Waals surface area contributed by atoms with Crippen LogP contribution in [-0.2, 0) is 11.2 Å². The van der Waals surface area contributed by atoms with Crippen molar-refractivity contribution in [2.45, 2.75) is 25.8 Å². The molecule has 116 valence electrons. The van der Waals surface area contributed by atoms with Gasteiger partial charge in [0.1, 0.15) is 5.75 Å². The highest BCUT2D eigenvalue weighted by atomic mass is 16.6. The van der Waals surface area contributed by atoms with Gasteiger partial charge < -0.3 is 14.8 Å². The molecule has 0 amide bonds. The zero-order chi connectivity index (χ0) is 15.2. The lowest BCUT2D eigenvalue weighted by Gasteiger charge is -2.32. The van der Waals surface area contributed by atoms with Gasteiger partial charge in [0.15, 0.2) is 0 Å². The number of nitro groups is 1. The van der Waals surface area contributed by atoms with E-state index in [1.165, 1.54) is 13.2 Å². The van der Waals surface area contributed by atoms with Crippen molar-refractivity contribution in [2.24, 2.45) is 5.92 Å². The van der Waals surface area contributed by atoms with Crippen molar-refractivity contribution in [3.8, 4) is 5.75 Å². The van der Waals surface area contributed by atoms with E-state index in [-0.39, 0.29) is 10.6 Å². The molecule has 2 atom stereocenters. The fraction of sp³-hybridized carbons (Fsp3) is 0.600. The number of methoxy groups -OCH3 is 1. The normalized spacial score (nSPS) is 22.0. The Morgan fingerprint density at radius 3 is 2.95 bits per heavy atom. The van der Waals surface area contributed by atoms with E-state index in [9.17, 15) is 10.1 Å². The molecule has 2 unspecified atom stereocenters. The van der Waals surface area contributed by atoms with Crippen molar-refractivity contribution < 1.29 is 14.4 Å². The number of rotatable bonds is 6. The molecule has 1 aromatic carbocycles. The molecule has 6 heteroatoms. The Morgan fingerprint density at radius 1 is 1.48 bits per heavy atom. The summed E-state index contributed by atoms with van der Waals surface area (Å²) in [5.41, 5.74) is 0.987. The molecule has 6 nitrogen and oxygen atoms in total. The number of ether oxygens (including phenoxy) is 2. The molecule has 1 fully saturated rings. The van der Waals surface area contributed by atoms with Gasteiger partial charge in [-0.05, 0) is 31.0 Å². The second kappa shape index (κ2) is 7.38. The fourth-order valence-electron chi connectivity index (χ4n) is 2.82. The number of nitro benzene ring substituents is 1. The lowest BCUT2D eigenvalue weighted by molar-refractivity contribution is -0.385. The first-order valence-electron chi connectivity index (χ1n) is 7.27. The van der Waals surface area contributed by atoms with Crippen LogP contribution in [0, 0.1) is 16.0 Å². The van der Waals surface area contributed by atoms with E-state index >= 15 is 0 Å². The predicted octanol–water partition coefficient (Wildman–Crippen LogP) is 2.16. The predicted molar refractivity (Wildman–Crippen MR) is 79.7 cm³/mol. The van der Waals surface area contributed by atoms with Gasteiger partial charge in [-0.15, -0.1) is 0 Å². The van der Waals surface area contributed by atoms with Crippen LogP contribution in [0.1, 0.15) is 18.9 Å². The minimum Gasteiger partial charge on any atom is -0.496 e. The van der Waals surface area contributed by atoms with Crippen molar-refractivity contribution in [3.05, 3.63) is 33.9 Å². The summed E-state index contributed by atoms with van der Waals surface area (Å²) >= 11 is 0. The molecule has 0 bridgehead atoms. The van der Waals surface area contributed by atoms with Crippen molar-refractivity contribution in [2.75, 3.05) is 26.9 Å². The fourth-order valence-corrected chi connectivity index (χ4v) is 2.82. The molecule has 1 heterocycles. The van der Waals surface area contributed by atoms with E-state index in [4.69, 9.17) is 9.47 Å². The largest absolute Gasteiger partial charge is 0.496 e. The van der Waals surface area contributed by atoms with E-state index in [1.807, 2.05) is 6.07 Å². The second-order valence-electron chi connectivity index (χ2n) is 5.29. The first kappa shape index (κ1) is 15.7. The standard InChI is InChI=1S/C15H22N2O4/c1-3-16-15-4-5-21-10-12(15)6-11-7-13(17(18)19)9-14(8-11)20-2/h7-9,12,15-16H,3-6,10H2,1-2H3. The number of nitrogens with one attached hydrogen (secondary N) is 1. The molecule has 0 aromatic heterocycles. The number of hydrogen-bond donors (Lipinski definition) is 1. The third-order valence-corrected chi connectivity index (χ3v) is 3.84. The molecule has 0 saturated carbocycles. The van der Waals surface area contributed by atoms with Crippen LogP contribution in [-0.4, -0.2) is 37.8 Å². The van der Waals surface area contributed by atoms with Gasteiger partial charge in [-0.25, -0.2) is 0 Å². The van der Waals surface area contributed by atoms with Crippen LogP contribution >= 0.6 is 0 Å². The average Bonchev–Trinajstić information content (AvgIpc) is 2.49. The van der Waals surface area contributed by atoms with E-state index in [2.05, 4.69) is 12.2 Å². The summed E-state index contributed by atoms with van der Waals surface area (Å²) in [4.78, 5) is 10.6. The summed E-state index contributed by atoms with van der Waals surface area (Å²) < 4.78 is 10.7. The summed E-state index contributed by atoms with van der Waals surface area (Å²) in [6.45, 7) is 4.46. The molecule has 1 aromatic rings. The van der Waals surface area contributed by atoms with Gasteiger partial charge in [0.2, 0.25) is 0 Å². The zero-order valence-electron chi connectivity index (χ0n) is 12.5. The smallest absolute Gasteiger partial charge is 0.273 e. The Bertz CT molecular complexity index is 491. The van der Waals surface area contributed by atoms with Crippen molar-refractivity contribution in [1.29, 1.82) is 0 Å². The number of benzene rings is 1. The Morgan fingerprint density at radius 2 is 2.29 bits per heavy atom. The molecule has 0 aliphatic carbocycles. The highest BCUT2D eigenvalue weighted by molar-refractivity contribution is 5.43. The molecule has 0 spiro atoms. The van der Waals surface area contributed by atoms with Gasteiger partial charge in [0.05, 0.1) is 24.7 Å². The quantitative estimate of drug-likeness (QED) is 0.643. The topological polar surface area (TPSA) is 73.6 Å². The molecule has 1 aliphatic rings. The number of non-ortho nitro benzene ring substituents is 1. The molecule has 2 rings (SSSR count). The lowest BCUT2D eigenvalue weighted by Crippen LogP contribution is -2.43. The van der Waals surface area contributed by atoms with Crippen LogP contribution in [0.3, 0.4) is 0 Å². The lowest BCUT2D eigenvalue weighted by atomic mass is 9.89. The van der Waals surface area contributed by atoms with E-state index in [0.29, 0.717) is 24.3 Å². The van der Waals surface area contributed by atoms with Crippen LogP contribution < -0.4 is 10.1 Å². The van der Waals surface area contributed by atoms with Gasteiger partial charge in [-0.1, -0.05) is 6.92 Å². The Balaban J connectivity index is 2.16. The Hall–Kier alpha value is -1.66. The maximum atomic E-state index is 11.0. The molecule has 0 radical (unpaired) electrons. The summed E-state index contributed by atoms with van der Waals surface area (Å²) in [6.07, 6.45) is 1.72. The maximum Gasteiger partial charge on any atom is 0.273 e. The molecular weight excluding hydrogens is 272 g/mol. The zero-order valence-corrected chi connectivity index (χ0v) is 12.5. The van der Waals surface area contributed by atoms with Gasteiger partial charge in [-0.2, -0.15) is 0 Å². The third kappa shape index (κ3) is 4.15. The summed E-state index contributed by atoms with van der Waals surface area (Å²) in [6, 6.07) is 5.34.